The quantitative estimate of drug-likeness (QED) is 0.380. The first-order valence-electron chi connectivity index (χ1n) is 8.69. The van der Waals surface area contributed by atoms with Crippen LogP contribution in [-0.4, -0.2) is 23.5 Å². The summed E-state index contributed by atoms with van der Waals surface area (Å²) in [5, 5.41) is 12.9. The number of fused-ring (bicyclic) bond motifs is 1. The molecule has 1 heterocycles. The molecule has 0 aliphatic heterocycles. The summed E-state index contributed by atoms with van der Waals surface area (Å²) < 4.78 is 5.49. The standard InChI is InChI=1S/C20H21N3O4/c1-2-9-22-23-19(25)14-5-3-13(4-6-14)12-21-20(26)18-11-15-10-16(24)7-8-17(15)27-18/h3-8,10-11,22,24H,2,9,12H2,1H3,(H,21,26)(H,23,25). The van der Waals surface area contributed by atoms with Gasteiger partial charge >= 0.3 is 0 Å². The average Bonchev–Trinajstić information content (AvgIpc) is 3.10. The lowest BCUT2D eigenvalue weighted by atomic mass is 10.1. The van der Waals surface area contributed by atoms with Crippen LogP contribution in [0.25, 0.3) is 11.0 Å². The Morgan fingerprint density at radius 2 is 1.81 bits per heavy atom. The van der Waals surface area contributed by atoms with E-state index >= 15 is 0 Å². The van der Waals surface area contributed by atoms with Crippen molar-refractivity contribution in [3.8, 4) is 5.75 Å². The van der Waals surface area contributed by atoms with Crippen LogP contribution < -0.4 is 16.2 Å². The van der Waals surface area contributed by atoms with Crippen LogP contribution in [0.4, 0.5) is 0 Å². The number of carbonyl (C=O) groups is 2. The van der Waals surface area contributed by atoms with Crippen LogP contribution in [0, 0.1) is 0 Å². The molecule has 27 heavy (non-hydrogen) atoms. The van der Waals surface area contributed by atoms with Gasteiger partial charge in [0.15, 0.2) is 5.76 Å². The summed E-state index contributed by atoms with van der Waals surface area (Å²) in [6.45, 7) is 3.02. The molecule has 0 atom stereocenters. The van der Waals surface area contributed by atoms with E-state index in [1.807, 2.05) is 6.92 Å². The normalized spacial score (nSPS) is 10.7. The minimum Gasteiger partial charge on any atom is -0.508 e. The Morgan fingerprint density at radius 1 is 1.04 bits per heavy atom. The summed E-state index contributed by atoms with van der Waals surface area (Å²) in [5.41, 5.74) is 7.38. The number of aromatic hydroxyl groups is 1. The molecular formula is C20H21N3O4. The van der Waals surface area contributed by atoms with E-state index in [9.17, 15) is 14.7 Å². The fraction of sp³-hybridized carbons (Fsp3) is 0.200. The van der Waals surface area contributed by atoms with Crippen molar-refractivity contribution in [3.05, 3.63) is 65.4 Å². The van der Waals surface area contributed by atoms with E-state index in [0.717, 1.165) is 12.0 Å². The van der Waals surface area contributed by atoms with Crippen molar-refractivity contribution in [2.45, 2.75) is 19.9 Å². The van der Waals surface area contributed by atoms with Gasteiger partial charge in [0.25, 0.3) is 11.8 Å². The van der Waals surface area contributed by atoms with Gasteiger partial charge in [-0.15, -0.1) is 0 Å². The van der Waals surface area contributed by atoms with Gasteiger partial charge in [-0.05, 0) is 48.4 Å². The molecule has 4 N–H and O–H groups in total. The van der Waals surface area contributed by atoms with Crippen LogP contribution in [0.15, 0.2) is 52.9 Å². The number of phenolic OH excluding ortho intramolecular Hbond substituents is 1. The van der Waals surface area contributed by atoms with E-state index in [1.54, 1.807) is 36.4 Å². The molecule has 0 unspecified atom stereocenters. The van der Waals surface area contributed by atoms with Gasteiger partial charge in [0.1, 0.15) is 11.3 Å². The summed E-state index contributed by atoms with van der Waals surface area (Å²) in [4.78, 5) is 24.2. The van der Waals surface area contributed by atoms with E-state index in [-0.39, 0.29) is 23.3 Å². The Morgan fingerprint density at radius 3 is 2.56 bits per heavy atom. The lowest BCUT2D eigenvalue weighted by molar-refractivity contribution is 0.0919. The number of nitrogens with one attached hydrogen (secondary N) is 3. The number of amides is 2. The topological polar surface area (TPSA) is 104 Å². The molecule has 140 valence electrons. The van der Waals surface area contributed by atoms with E-state index in [4.69, 9.17) is 4.42 Å². The van der Waals surface area contributed by atoms with Gasteiger partial charge in [-0.1, -0.05) is 19.1 Å². The molecule has 3 rings (SSSR count). The van der Waals surface area contributed by atoms with Crippen molar-refractivity contribution >= 4 is 22.8 Å². The zero-order valence-corrected chi connectivity index (χ0v) is 14.9. The van der Waals surface area contributed by atoms with Crippen LogP contribution in [-0.2, 0) is 6.54 Å². The van der Waals surface area contributed by atoms with E-state index in [1.165, 1.54) is 12.1 Å². The number of hydrazine groups is 1. The first-order chi connectivity index (χ1) is 13.1. The van der Waals surface area contributed by atoms with Crippen molar-refractivity contribution < 1.29 is 19.1 Å². The summed E-state index contributed by atoms with van der Waals surface area (Å²) in [5.74, 6) is -0.265. The zero-order valence-electron chi connectivity index (χ0n) is 14.9. The third kappa shape index (κ3) is 4.65. The molecule has 3 aromatic rings. The molecule has 0 fully saturated rings. The minimum absolute atomic E-state index is 0.115. The maximum absolute atomic E-state index is 12.3. The summed E-state index contributed by atoms with van der Waals surface area (Å²) >= 11 is 0. The first-order valence-corrected chi connectivity index (χ1v) is 8.69. The van der Waals surface area contributed by atoms with E-state index < -0.39 is 0 Å². The predicted octanol–water partition coefficient (Wildman–Crippen LogP) is 2.71. The molecule has 0 bridgehead atoms. The zero-order chi connectivity index (χ0) is 19.2. The van der Waals surface area contributed by atoms with Crippen LogP contribution in [0.5, 0.6) is 5.75 Å². The molecule has 0 aliphatic rings. The van der Waals surface area contributed by atoms with Gasteiger partial charge in [-0.2, -0.15) is 0 Å². The lowest BCUT2D eigenvalue weighted by Gasteiger charge is -2.07. The summed E-state index contributed by atoms with van der Waals surface area (Å²) in [6, 6.07) is 13.2. The van der Waals surface area contributed by atoms with Crippen molar-refractivity contribution in [3.63, 3.8) is 0 Å². The van der Waals surface area contributed by atoms with Crippen LogP contribution in [0.2, 0.25) is 0 Å². The molecular weight excluding hydrogens is 346 g/mol. The van der Waals surface area contributed by atoms with Gasteiger partial charge in [-0.3, -0.25) is 15.0 Å². The molecule has 0 saturated carbocycles. The Labute approximate surface area is 156 Å². The van der Waals surface area contributed by atoms with Crippen LogP contribution >= 0.6 is 0 Å². The fourth-order valence-electron chi connectivity index (χ4n) is 2.53. The second-order valence-corrected chi connectivity index (χ2v) is 6.09. The molecule has 0 saturated heterocycles. The Bertz CT molecular complexity index is 948. The molecule has 0 spiro atoms. The van der Waals surface area contributed by atoms with Gasteiger partial charge in [0.05, 0.1) is 0 Å². The molecule has 0 aliphatic carbocycles. The number of phenols is 1. The third-order valence-electron chi connectivity index (χ3n) is 3.97. The highest BCUT2D eigenvalue weighted by molar-refractivity contribution is 5.96. The maximum Gasteiger partial charge on any atom is 0.287 e. The predicted molar refractivity (Wildman–Crippen MR) is 101 cm³/mol. The summed E-state index contributed by atoms with van der Waals surface area (Å²) in [6.07, 6.45) is 0.922. The number of carbonyl (C=O) groups excluding carboxylic acids is 2. The number of rotatable bonds is 7. The highest BCUT2D eigenvalue weighted by Crippen LogP contribution is 2.23. The monoisotopic (exact) mass is 367 g/mol. The lowest BCUT2D eigenvalue weighted by Crippen LogP contribution is -2.37. The van der Waals surface area contributed by atoms with Crippen molar-refractivity contribution in [1.82, 2.24) is 16.2 Å². The van der Waals surface area contributed by atoms with Gasteiger partial charge in [0, 0.05) is 24.0 Å². The first kappa shape index (κ1) is 18.5. The van der Waals surface area contributed by atoms with Gasteiger partial charge < -0.3 is 14.8 Å². The summed E-state index contributed by atoms with van der Waals surface area (Å²) in [7, 11) is 0. The molecule has 0 radical (unpaired) electrons. The molecule has 2 aromatic carbocycles. The van der Waals surface area contributed by atoms with Crippen LogP contribution in [0.3, 0.4) is 0 Å². The van der Waals surface area contributed by atoms with Crippen LogP contribution in [0.1, 0.15) is 39.8 Å². The Balaban J connectivity index is 1.57. The molecule has 2 amide bonds. The molecule has 7 nitrogen and oxygen atoms in total. The minimum atomic E-state index is -0.351. The highest BCUT2D eigenvalue weighted by atomic mass is 16.3. The smallest absolute Gasteiger partial charge is 0.287 e. The third-order valence-corrected chi connectivity index (χ3v) is 3.97. The van der Waals surface area contributed by atoms with Crippen molar-refractivity contribution in [1.29, 1.82) is 0 Å². The number of hydrogen-bond donors (Lipinski definition) is 4. The van der Waals surface area contributed by atoms with E-state index in [0.29, 0.717) is 29.6 Å². The number of furan rings is 1. The van der Waals surface area contributed by atoms with E-state index in [2.05, 4.69) is 16.2 Å². The SMILES string of the molecule is CCCNNC(=O)c1ccc(CNC(=O)c2cc3cc(O)ccc3o2)cc1. The Hall–Kier alpha value is -3.32. The van der Waals surface area contributed by atoms with Gasteiger partial charge in [-0.25, -0.2) is 5.43 Å². The second-order valence-electron chi connectivity index (χ2n) is 6.09. The molecule has 1 aromatic heterocycles. The number of benzene rings is 2. The highest BCUT2D eigenvalue weighted by Gasteiger charge is 2.12. The molecule has 7 heteroatoms. The van der Waals surface area contributed by atoms with Crippen molar-refractivity contribution in [2.75, 3.05) is 6.54 Å². The second kappa shape index (κ2) is 8.37. The maximum atomic E-state index is 12.3. The van der Waals surface area contributed by atoms with Gasteiger partial charge in [0.2, 0.25) is 0 Å². The number of hydrogen-bond acceptors (Lipinski definition) is 5. The fourth-order valence-corrected chi connectivity index (χ4v) is 2.53. The average molecular weight is 367 g/mol. The Kier molecular flexibility index (Phi) is 5.73. The van der Waals surface area contributed by atoms with Crippen molar-refractivity contribution in [2.24, 2.45) is 0 Å². The largest absolute Gasteiger partial charge is 0.508 e.